The van der Waals surface area contributed by atoms with Crippen LogP contribution in [-0.2, 0) is 4.79 Å². The van der Waals surface area contributed by atoms with Crippen molar-refractivity contribution >= 4 is 12.0 Å². The van der Waals surface area contributed by atoms with E-state index in [-0.39, 0.29) is 11.9 Å². The molecule has 0 aromatic heterocycles. The predicted molar refractivity (Wildman–Crippen MR) is 51.0 cm³/mol. The highest BCUT2D eigenvalue weighted by atomic mass is 16.4. The number of hydrogen-bond donors (Lipinski definition) is 2. The fourth-order valence-corrected chi connectivity index (χ4v) is 1.70. The summed E-state index contributed by atoms with van der Waals surface area (Å²) in [6, 6.07) is -0.412. The summed E-state index contributed by atoms with van der Waals surface area (Å²) < 4.78 is 0. The summed E-state index contributed by atoms with van der Waals surface area (Å²) in [5.41, 5.74) is 0. The van der Waals surface area contributed by atoms with Crippen molar-refractivity contribution in [2.24, 2.45) is 0 Å². The van der Waals surface area contributed by atoms with Gasteiger partial charge in [0.2, 0.25) is 5.91 Å². The molecule has 1 heterocycles. The maximum absolute atomic E-state index is 11.7. The summed E-state index contributed by atoms with van der Waals surface area (Å²) in [5, 5.41) is 10.8. The number of rotatable bonds is 2. The molecule has 2 N–H and O–H groups in total. The first kappa shape index (κ1) is 10.8. The van der Waals surface area contributed by atoms with Gasteiger partial charge in [-0.05, 0) is 26.7 Å². The van der Waals surface area contributed by atoms with Crippen molar-refractivity contribution in [1.29, 1.82) is 0 Å². The maximum atomic E-state index is 11.7. The van der Waals surface area contributed by atoms with Gasteiger partial charge >= 0.3 is 6.09 Å². The number of carbonyl (C=O) groups excluding carboxylic acids is 1. The molecule has 0 spiro atoms. The van der Waals surface area contributed by atoms with E-state index in [4.69, 9.17) is 5.11 Å². The van der Waals surface area contributed by atoms with Crippen LogP contribution in [0.4, 0.5) is 4.79 Å². The Morgan fingerprint density at radius 2 is 2.29 bits per heavy atom. The maximum Gasteiger partial charge on any atom is 0.405 e. The minimum absolute atomic E-state index is 0.103. The van der Waals surface area contributed by atoms with Gasteiger partial charge in [-0.15, -0.1) is 0 Å². The van der Waals surface area contributed by atoms with Crippen LogP contribution in [0.15, 0.2) is 0 Å². The third-order valence-corrected chi connectivity index (χ3v) is 2.39. The van der Waals surface area contributed by atoms with Gasteiger partial charge in [0.25, 0.3) is 0 Å². The fraction of sp³-hybridized carbons (Fsp3) is 0.778. The van der Waals surface area contributed by atoms with E-state index in [1.54, 1.807) is 4.90 Å². The zero-order chi connectivity index (χ0) is 10.7. The molecule has 80 valence electrons. The van der Waals surface area contributed by atoms with Crippen molar-refractivity contribution in [3.63, 3.8) is 0 Å². The quantitative estimate of drug-likeness (QED) is 0.687. The van der Waals surface area contributed by atoms with E-state index in [0.29, 0.717) is 6.42 Å². The number of piperidine rings is 1. The normalized spacial score (nSPS) is 22.6. The van der Waals surface area contributed by atoms with Gasteiger partial charge in [-0.3, -0.25) is 4.79 Å². The molecule has 14 heavy (non-hydrogen) atoms. The lowest BCUT2D eigenvalue weighted by Crippen LogP contribution is -2.53. The molecule has 1 aliphatic rings. The van der Waals surface area contributed by atoms with Crippen LogP contribution in [0.5, 0.6) is 0 Å². The van der Waals surface area contributed by atoms with Crippen LogP contribution in [0.25, 0.3) is 0 Å². The number of hydrogen-bond acceptors (Lipinski definition) is 2. The molecule has 1 fully saturated rings. The Labute approximate surface area is 83.1 Å². The van der Waals surface area contributed by atoms with Crippen LogP contribution in [0, 0.1) is 0 Å². The van der Waals surface area contributed by atoms with E-state index < -0.39 is 12.1 Å². The van der Waals surface area contributed by atoms with Crippen molar-refractivity contribution in [2.75, 3.05) is 6.54 Å². The highest BCUT2D eigenvalue weighted by Crippen LogP contribution is 2.14. The van der Waals surface area contributed by atoms with E-state index in [2.05, 4.69) is 5.32 Å². The second kappa shape index (κ2) is 4.30. The summed E-state index contributed by atoms with van der Waals surface area (Å²) in [7, 11) is 0. The second-order valence-corrected chi connectivity index (χ2v) is 3.77. The average Bonchev–Trinajstić information content (AvgIpc) is 2.07. The lowest BCUT2D eigenvalue weighted by molar-refractivity contribution is -0.137. The smallest absolute Gasteiger partial charge is 0.405 e. The highest BCUT2D eigenvalue weighted by molar-refractivity contribution is 5.86. The number of likely N-dealkylation sites (tertiary alicyclic amines) is 1. The number of nitrogens with one attached hydrogen (secondary N) is 1. The molecule has 1 aliphatic heterocycles. The summed E-state index contributed by atoms with van der Waals surface area (Å²) in [6.45, 7) is 4.59. The van der Waals surface area contributed by atoms with Gasteiger partial charge in [0.15, 0.2) is 0 Å². The molecule has 1 unspecified atom stereocenters. The van der Waals surface area contributed by atoms with Gasteiger partial charge in [-0.2, -0.15) is 0 Å². The van der Waals surface area contributed by atoms with Crippen molar-refractivity contribution in [2.45, 2.75) is 38.8 Å². The Hall–Kier alpha value is -1.26. The molecule has 0 radical (unpaired) electrons. The van der Waals surface area contributed by atoms with E-state index in [1.807, 2.05) is 13.8 Å². The zero-order valence-corrected chi connectivity index (χ0v) is 8.49. The molecule has 1 saturated heterocycles. The minimum Gasteiger partial charge on any atom is -0.465 e. The van der Waals surface area contributed by atoms with Crippen molar-refractivity contribution in [3.8, 4) is 0 Å². The molecule has 5 heteroatoms. The van der Waals surface area contributed by atoms with E-state index in [9.17, 15) is 9.59 Å². The Bertz CT molecular complexity index is 240. The molecule has 0 aliphatic carbocycles. The average molecular weight is 200 g/mol. The number of carbonyl (C=O) groups is 2. The van der Waals surface area contributed by atoms with Gasteiger partial charge < -0.3 is 15.3 Å². The summed E-state index contributed by atoms with van der Waals surface area (Å²) in [5.74, 6) is -0.103. The van der Waals surface area contributed by atoms with Gasteiger partial charge in [-0.25, -0.2) is 4.79 Å². The van der Waals surface area contributed by atoms with Crippen LogP contribution < -0.4 is 5.32 Å². The molecule has 0 saturated carbocycles. The lowest BCUT2D eigenvalue weighted by atomic mass is 10.0. The Morgan fingerprint density at radius 3 is 2.79 bits per heavy atom. The van der Waals surface area contributed by atoms with Crippen LogP contribution in [0.3, 0.4) is 0 Å². The van der Waals surface area contributed by atoms with Crippen LogP contribution in [-0.4, -0.2) is 40.6 Å². The van der Waals surface area contributed by atoms with Crippen molar-refractivity contribution < 1.29 is 14.7 Å². The standard InChI is InChI=1S/C9H16N2O3/c1-6(2)11-5-3-4-7(8(11)12)10-9(13)14/h6-7,10H,3-5H2,1-2H3,(H,13,14). The fourth-order valence-electron chi connectivity index (χ4n) is 1.70. The topological polar surface area (TPSA) is 69.6 Å². The van der Waals surface area contributed by atoms with Gasteiger partial charge in [0.1, 0.15) is 6.04 Å². The monoisotopic (exact) mass is 200 g/mol. The van der Waals surface area contributed by atoms with Gasteiger partial charge in [0.05, 0.1) is 0 Å². The van der Waals surface area contributed by atoms with E-state index >= 15 is 0 Å². The SMILES string of the molecule is CC(C)N1CCCC(NC(=O)O)C1=O. The summed E-state index contributed by atoms with van der Waals surface area (Å²) >= 11 is 0. The van der Waals surface area contributed by atoms with Gasteiger partial charge in [0, 0.05) is 12.6 Å². The predicted octanol–water partition coefficient (Wildman–Crippen LogP) is 0.653. The molecular weight excluding hydrogens is 184 g/mol. The third kappa shape index (κ3) is 2.37. The van der Waals surface area contributed by atoms with Crippen LogP contribution in [0.1, 0.15) is 26.7 Å². The first-order chi connectivity index (χ1) is 6.52. The largest absolute Gasteiger partial charge is 0.465 e. The van der Waals surface area contributed by atoms with E-state index in [0.717, 1.165) is 13.0 Å². The first-order valence-electron chi connectivity index (χ1n) is 4.82. The molecule has 5 nitrogen and oxygen atoms in total. The minimum atomic E-state index is -1.13. The first-order valence-corrected chi connectivity index (χ1v) is 4.82. The van der Waals surface area contributed by atoms with Crippen molar-refractivity contribution in [3.05, 3.63) is 0 Å². The number of amides is 2. The van der Waals surface area contributed by atoms with Crippen LogP contribution in [0.2, 0.25) is 0 Å². The van der Waals surface area contributed by atoms with E-state index in [1.165, 1.54) is 0 Å². The Morgan fingerprint density at radius 1 is 1.64 bits per heavy atom. The molecule has 1 atom stereocenters. The third-order valence-electron chi connectivity index (χ3n) is 2.39. The molecule has 0 aromatic rings. The van der Waals surface area contributed by atoms with Gasteiger partial charge in [-0.1, -0.05) is 0 Å². The molecule has 0 bridgehead atoms. The summed E-state index contributed by atoms with van der Waals surface area (Å²) in [6.07, 6.45) is 0.331. The molecular formula is C9H16N2O3. The van der Waals surface area contributed by atoms with Crippen LogP contribution >= 0.6 is 0 Å². The zero-order valence-electron chi connectivity index (χ0n) is 8.49. The molecule has 1 rings (SSSR count). The Balaban J connectivity index is 2.61. The molecule has 0 aromatic carbocycles. The number of nitrogens with zero attached hydrogens (tertiary/aromatic N) is 1. The summed E-state index contributed by atoms with van der Waals surface area (Å²) in [4.78, 5) is 23.8. The van der Waals surface area contributed by atoms with Crippen molar-refractivity contribution in [1.82, 2.24) is 10.2 Å². The number of carboxylic acid groups (broad SMARTS) is 1. The highest BCUT2D eigenvalue weighted by Gasteiger charge is 2.30. The molecule has 2 amide bonds. The second-order valence-electron chi connectivity index (χ2n) is 3.77. The lowest BCUT2D eigenvalue weighted by Gasteiger charge is -2.34. The Kier molecular flexibility index (Phi) is 3.33.